The van der Waals surface area contributed by atoms with Crippen molar-refractivity contribution < 1.29 is 14.6 Å². The van der Waals surface area contributed by atoms with Crippen molar-refractivity contribution in [1.82, 2.24) is 9.47 Å². The average molecular weight is 274 g/mol. The van der Waals surface area contributed by atoms with Gasteiger partial charge in [-0.25, -0.2) is 4.79 Å². The van der Waals surface area contributed by atoms with Crippen LogP contribution in [0.15, 0.2) is 30.5 Å². The lowest BCUT2D eigenvalue weighted by atomic mass is 10.1. The van der Waals surface area contributed by atoms with Gasteiger partial charge in [0.05, 0.1) is 18.8 Å². The van der Waals surface area contributed by atoms with Crippen LogP contribution in [-0.2, 0) is 11.3 Å². The van der Waals surface area contributed by atoms with Crippen LogP contribution in [0.4, 0.5) is 0 Å². The van der Waals surface area contributed by atoms with Crippen LogP contribution in [0.1, 0.15) is 10.4 Å². The van der Waals surface area contributed by atoms with Crippen LogP contribution in [0.25, 0.3) is 10.9 Å². The average Bonchev–Trinajstić information content (AvgIpc) is 2.89. The Hall–Kier alpha value is -1.85. The Balaban J connectivity index is 1.78. The van der Waals surface area contributed by atoms with Gasteiger partial charge >= 0.3 is 5.97 Å². The summed E-state index contributed by atoms with van der Waals surface area (Å²) in [6.07, 6.45) is 1.97. The molecule has 3 rings (SSSR count). The third kappa shape index (κ3) is 2.55. The number of morpholine rings is 1. The predicted molar refractivity (Wildman–Crippen MR) is 76.2 cm³/mol. The Morgan fingerprint density at radius 2 is 2.00 bits per heavy atom. The molecule has 20 heavy (non-hydrogen) atoms. The molecule has 0 spiro atoms. The Morgan fingerprint density at radius 1 is 1.20 bits per heavy atom. The molecule has 0 amide bonds. The van der Waals surface area contributed by atoms with Crippen LogP contribution in [0.3, 0.4) is 0 Å². The molecule has 1 N–H and O–H groups in total. The summed E-state index contributed by atoms with van der Waals surface area (Å²) < 4.78 is 7.46. The van der Waals surface area contributed by atoms with Gasteiger partial charge in [-0.05, 0) is 18.2 Å². The number of rotatable bonds is 4. The summed E-state index contributed by atoms with van der Waals surface area (Å²) in [7, 11) is 0. The monoisotopic (exact) mass is 274 g/mol. The van der Waals surface area contributed by atoms with E-state index < -0.39 is 5.97 Å². The van der Waals surface area contributed by atoms with Crippen LogP contribution in [0.2, 0.25) is 0 Å². The molecule has 0 radical (unpaired) electrons. The minimum Gasteiger partial charge on any atom is -0.478 e. The fourth-order valence-corrected chi connectivity index (χ4v) is 2.68. The van der Waals surface area contributed by atoms with Gasteiger partial charge in [0.2, 0.25) is 0 Å². The molecule has 1 saturated heterocycles. The van der Waals surface area contributed by atoms with Gasteiger partial charge in [-0.3, -0.25) is 4.90 Å². The van der Waals surface area contributed by atoms with Gasteiger partial charge in [0.1, 0.15) is 0 Å². The number of hydrogen-bond donors (Lipinski definition) is 1. The van der Waals surface area contributed by atoms with Crippen molar-refractivity contribution in [3.8, 4) is 0 Å². The summed E-state index contributed by atoms with van der Waals surface area (Å²) in [6.45, 7) is 5.38. The van der Waals surface area contributed by atoms with Gasteiger partial charge in [-0.15, -0.1) is 0 Å². The fraction of sp³-hybridized carbons (Fsp3) is 0.400. The number of carboxylic acid groups (broad SMARTS) is 1. The first-order valence-corrected chi connectivity index (χ1v) is 6.87. The molecule has 1 aliphatic heterocycles. The van der Waals surface area contributed by atoms with Crippen molar-refractivity contribution in [2.45, 2.75) is 6.54 Å². The van der Waals surface area contributed by atoms with Gasteiger partial charge in [0.15, 0.2) is 0 Å². The first-order chi connectivity index (χ1) is 9.75. The SMILES string of the molecule is O=C(O)c1cccc2c1ccn2CCN1CCOCC1. The van der Waals surface area contributed by atoms with Crippen LogP contribution < -0.4 is 0 Å². The lowest BCUT2D eigenvalue weighted by Crippen LogP contribution is -2.38. The molecule has 5 nitrogen and oxygen atoms in total. The zero-order valence-corrected chi connectivity index (χ0v) is 11.3. The highest BCUT2D eigenvalue weighted by atomic mass is 16.5. The van der Waals surface area contributed by atoms with Crippen LogP contribution in [0, 0.1) is 0 Å². The number of carboxylic acids is 1. The van der Waals surface area contributed by atoms with E-state index in [0.29, 0.717) is 5.56 Å². The standard InChI is InChI=1S/C15H18N2O3/c18-15(19)13-2-1-3-14-12(13)4-5-17(14)7-6-16-8-10-20-11-9-16/h1-5H,6-11H2,(H,18,19). The maximum Gasteiger partial charge on any atom is 0.336 e. The second-order valence-electron chi connectivity index (χ2n) is 5.01. The number of aromatic carboxylic acids is 1. The minimum absolute atomic E-state index is 0.368. The van der Waals surface area contributed by atoms with Crippen LogP contribution >= 0.6 is 0 Å². The molecule has 5 heteroatoms. The van der Waals surface area contributed by atoms with E-state index in [0.717, 1.165) is 50.3 Å². The van der Waals surface area contributed by atoms with E-state index in [1.165, 1.54) is 0 Å². The molecular formula is C15H18N2O3. The number of fused-ring (bicyclic) bond motifs is 1. The highest BCUT2D eigenvalue weighted by Crippen LogP contribution is 2.20. The number of ether oxygens (including phenoxy) is 1. The van der Waals surface area contributed by atoms with Crippen LogP contribution in [-0.4, -0.2) is 53.4 Å². The second-order valence-corrected chi connectivity index (χ2v) is 5.01. The third-order valence-electron chi connectivity index (χ3n) is 3.80. The maximum atomic E-state index is 11.2. The Morgan fingerprint density at radius 3 is 2.75 bits per heavy atom. The van der Waals surface area contributed by atoms with Gasteiger partial charge in [0, 0.05) is 43.3 Å². The summed E-state index contributed by atoms with van der Waals surface area (Å²) in [5.41, 5.74) is 1.35. The first-order valence-electron chi connectivity index (χ1n) is 6.87. The lowest BCUT2D eigenvalue weighted by molar-refractivity contribution is 0.0365. The Bertz CT molecular complexity index is 615. The molecule has 0 saturated carbocycles. The van der Waals surface area contributed by atoms with Crippen molar-refractivity contribution in [3.63, 3.8) is 0 Å². The van der Waals surface area contributed by atoms with Gasteiger partial charge in [-0.1, -0.05) is 6.07 Å². The van der Waals surface area contributed by atoms with E-state index in [-0.39, 0.29) is 0 Å². The van der Waals surface area contributed by atoms with Crippen molar-refractivity contribution in [3.05, 3.63) is 36.0 Å². The summed E-state index contributed by atoms with van der Waals surface area (Å²) >= 11 is 0. The fourth-order valence-electron chi connectivity index (χ4n) is 2.68. The summed E-state index contributed by atoms with van der Waals surface area (Å²) in [6, 6.07) is 7.31. The molecule has 0 atom stereocenters. The van der Waals surface area contributed by atoms with E-state index in [1.54, 1.807) is 12.1 Å². The first kappa shape index (κ1) is 13.1. The lowest BCUT2D eigenvalue weighted by Gasteiger charge is -2.26. The van der Waals surface area contributed by atoms with E-state index >= 15 is 0 Å². The molecule has 1 fully saturated rings. The molecule has 2 heterocycles. The number of carbonyl (C=O) groups is 1. The zero-order valence-electron chi connectivity index (χ0n) is 11.3. The predicted octanol–water partition coefficient (Wildman–Crippen LogP) is 1.67. The highest BCUT2D eigenvalue weighted by molar-refractivity contribution is 6.02. The van der Waals surface area contributed by atoms with E-state index in [1.807, 2.05) is 18.3 Å². The summed E-state index contributed by atoms with van der Waals surface area (Å²) in [5.74, 6) is -0.874. The number of nitrogens with zero attached hydrogens (tertiary/aromatic N) is 2. The van der Waals surface area contributed by atoms with Gasteiger partial charge in [0.25, 0.3) is 0 Å². The summed E-state index contributed by atoms with van der Waals surface area (Å²) in [5, 5.41) is 10.0. The van der Waals surface area contributed by atoms with Crippen molar-refractivity contribution in [2.24, 2.45) is 0 Å². The summed E-state index contributed by atoms with van der Waals surface area (Å²) in [4.78, 5) is 13.6. The van der Waals surface area contributed by atoms with Crippen LogP contribution in [0.5, 0.6) is 0 Å². The van der Waals surface area contributed by atoms with E-state index in [9.17, 15) is 9.90 Å². The molecule has 2 aromatic rings. The quantitative estimate of drug-likeness (QED) is 0.921. The highest BCUT2D eigenvalue weighted by Gasteiger charge is 2.13. The van der Waals surface area contributed by atoms with E-state index in [2.05, 4.69) is 9.47 Å². The van der Waals surface area contributed by atoms with E-state index in [4.69, 9.17) is 4.74 Å². The van der Waals surface area contributed by atoms with Crippen molar-refractivity contribution in [1.29, 1.82) is 0 Å². The normalized spacial score (nSPS) is 16.6. The van der Waals surface area contributed by atoms with Gasteiger partial charge < -0.3 is 14.4 Å². The number of benzene rings is 1. The largest absolute Gasteiger partial charge is 0.478 e. The Labute approximate surface area is 117 Å². The number of hydrogen-bond acceptors (Lipinski definition) is 3. The van der Waals surface area contributed by atoms with Gasteiger partial charge in [-0.2, -0.15) is 0 Å². The molecule has 0 bridgehead atoms. The molecule has 0 unspecified atom stereocenters. The molecule has 1 aromatic carbocycles. The minimum atomic E-state index is -0.874. The third-order valence-corrected chi connectivity index (χ3v) is 3.80. The van der Waals surface area contributed by atoms with Crippen molar-refractivity contribution in [2.75, 3.05) is 32.8 Å². The smallest absolute Gasteiger partial charge is 0.336 e. The number of aromatic nitrogens is 1. The van der Waals surface area contributed by atoms with Crippen molar-refractivity contribution >= 4 is 16.9 Å². The molecule has 1 aromatic heterocycles. The molecule has 1 aliphatic rings. The topological polar surface area (TPSA) is 54.7 Å². The molecule has 106 valence electrons. The Kier molecular flexibility index (Phi) is 3.71. The zero-order chi connectivity index (χ0) is 13.9. The molecular weight excluding hydrogens is 256 g/mol. The second kappa shape index (κ2) is 5.64. The molecule has 0 aliphatic carbocycles. The maximum absolute atomic E-state index is 11.2.